The van der Waals surface area contributed by atoms with Crippen LogP contribution in [-0.2, 0) is 0 Å². The largest absolute Gasteiger partial charge is 0.330 e. The minimum absolute atomic E-state index is 0.645. The van der Waals surface area contributed by atoms with Gasteiger partial charge in [-0.25, -0.2) is 0 Å². The van der Waals surface area contributed by atoms with Crippen molar-refractivity contribution in [3.05, 3.63) is 12.2 Å². The summed E-state index contributed by atoms with van der Waals surface area (Å²) in [4.78, 5) is 0. The topological polar surface area (TPSA) is 26.0 Å². The van der Waals surface area contributed by atoms with Crippen LogP contribution in [-0.4, -0.2) is 6.54 Å². The molecule has 0 spiro atoms. The van der Waals surface area contributed by atoms with Gasteiger partial charge in [-0.05, 0) is 30.7 Å². The minimum Gasteiger partial charge on any atom is -0.330 e. The molecule has 0 fully saturated rings. The van der Waals surface area contributed by atoms with Crippen LogP contribution in [0, 0.1) is 17.8 Å². The van der Waals surface area contributed by atoms with Gasteiger partial charge in [0.05, 0.1) is 0 Å². The predicted molar refractivity (Wildman–Crippen MR) is 44.6 cm³/mol. The molecule has 3 atom stereocenters. The Bertz CT molecular complexity index is 129. The molecular formula is C9H17N. The Balaban J connectivity index is 2.51. The number of allylic oxidation sites excluding steroid dienone is 1. The van der Waals surface area contributed by atoms with Gasteiger partial charge in [0, 0.05) is 0 Å². The molecule has 0 saturated heterocycles. The number of nitrogens with two attached hydrogens (primary N) is 1. The molecule has 1 aliphatic rings. The first-order valence-electron chi connectivity index (χ1n) is 4.12. The van der Waals surface area contributed by atoms with Crippen LogP contribution in [0.3, 0.4) is 0 Å². The Kier molecular flexibility index (Phi) is 2.50. The standard InChI is InChI=1S/C9H17N/c1-7-3-4-9(6-10)5-8(7)2/h3-4,7-9H,5-6,10H2,1-2H3. The van der Waals surface area contributed by atoms with E-state index >= 15 is 0 Å². The highest BCUT2D eigenvalue weighted by molar-refractivity contribution is 4.99. The van der Waals surface area contributed by atoms with E-state index in [1.807, 2.05) is 0 Å². The molecule has 0 saturated carbocycles. The average molecular weight is 139 g/mol. The van der Waals surface area contributed by atoms with Gasteiger partial charge in [0.1, 0.15) is 0 Å². The molecule has 58 valence electrons. The molecule has 1 aliphatic carbocycles. The van der Waals surface area contributed by atoms with Gasteiger partial charge in [0.15, 0.2) is 0 Å². The van der Waals surface area contributed by atoms with Gasteiger partial charge < -0.3 is 5.73 Å². The Morgan fingerprint density at radius 2 is 2.10 bits per heavy atom. The molecule has 2 N–H and O–H groups in total. The minimum atomic E-state index is 0.645. The first kappa shape index (κ1) is 7.80. The first-order valence-corrected chi connectivity index (χ1v) is 4.12. The molecule has 0 heterocycles. The van der Waals surface area contributed by atoms with Crippen molar-refractivity contribution in [3.63, 3.8) is 0 Å². The molecule has 1 rings (SSSR count). The van der Waals surface area contributed by atoms with Crippen molar-refractivity contribution in [3.8, 4) is 0 Å². The summed E-state index contributed by atoms with van der Waals surface area (Å²) in [7, 11) is 0. The van der Waals surface area contributed by atoms with Gasteiger partial charge >= 0.3 is 0 Å². The zero-order valence-electron chi connectivity index (χ0n) is 6.88. The molecule has 0 bridgehead atoms. The van der Waals surface area contributed by atoms with Crippen LogP contribution in [0.15, 0.2) is 12.2 Å². The van der Waals surface area contributed by atoms with Crippen LogP contribution >= 0.6 is 0 Å². The molecule has 3 unspecified atom stereocenters. The Hall–Kier alpha value is -0.300. The highest BCUT2D eigenvalue weighted by atomic mass is 14.5. The van der Waals surface area contributed by atoms with Gasteiger partial charge in [-0.2, -0.15) is 0 Å². The fraction of sp³-hybridized carbons (Fsp3) is 0.778. The number of rotatable bonds is 1. The van der Waals surface area contributed by atoms with E-state index < -0.39 is 0 Å². The van der Waals surface area contributed by atoms with Gasteiger partial charge in [0.2, 0.25) is 0 Å². The zero-order chi connectivity index (χ0) is 7.56. The van der Waals surface area contributed by atoms with Crippen LogP contribution in [0.1, 0.15) is 20.3 Å². The van der Waals surface area contributed by atoms with E-state index in [0.29, 0.717) is 5.92 Å². The van der Waals surface area contributed by atoms with E-state index in [1.165, 1.54) is 6.42 Å². The zero-order valence-corrected chi connectivity index (χ0v) is 6.88. The van der Waals surface area contributed by atoms with Crippen molar-refractivity contribution >= 4 is 0 Å². The van der Waals surface area contributed by atoms with Gasteiger partial charge in [0.25, 0.3) is 0 Å². The summed E-state index contributed by atoms with van der Waals surface area (Å²) < 4.78 is 0. The van der Waals surface area contributed by atoms with E-state index in [-0.39, 0.29) is 0 Å². The van der Waals surface area contributed by atoms with Crippen molar-refractivity contribution in [1.29, 1.82) is 0 Å². The maximum Gasteiger partial charge on any atom is -0.00141 e. The summed E-state index contributed by atoms with van der Waals surface area (Å²) >= 11 is 0. The Morgan fingerprint density at radius 3 is 2.60 bits per heavy atom. The predicted octanol–water partition coefficient (Wildman–Crippen LogP) is 1.79. The lowest BCUT2D eigenvalue weighted by Gasteiger charge is -2.25. The summed E-state index contributed by atoms with van der Waals surface area (Å²) in [5.74, 6) is 2.22. The van der Waals surface area contributed by atoms with Crippen molar-refractivity contribution < 1.29 is 0 Å². The quantitative estimate of drug-likeness (QED) is 0.551. The molecular weight excluding hydrogens is 122 g/mol. The van der Waals surface area contributed by atoms with Crippen LogP contribution < -0.4 is 5.73 Å². The first-order chi connectivity index (χ1) is 4.74. The molecule has 0 amide bonds. The monoisotopic (exact) mass is 139 g/mol. The second kappa shape index (κ2) is 3.20. The normalized spacial score (nSPS) is 40.1. The van der Waals surface area contributed by atoms with Crippen molar-refractivity contribution in [2.24, 2.45) is 23.5 Å². The third-order valence-electron chi connectivity index (χ3n) is 2.56. The van der Waals surface area contributed by atoms with Gasteiger partial charge in [-0.15, -0.1) is 0 Å². The second-order valence-electron chi connectivity index (χ2n) is 3.45. The van der Waals surface area contributed by atoms with Gasteiger partial charge in [-0.3, -0.25) is 0 Å². The highest BCUT2D eigenvalue weighted by Crippen LogP contribution is 2.26. The fourth-order valence-electron chi connectivity index (χ4n) is 1.47. The van der Waals surface area contributed by atoms with E-state index in [9.17, 15) is 0 Å². The summed E-state index contributed by atoms with van der Waals surface area (Å²) in [6.45, 7) is 5.39. The average Bonchev–Trinajstić information content (AvgIpc) is 1.95. The van der Waals surface area contributed by atoms with E-state index in [2.05, 4.69) is 26.0 Å². The molecule has 0 aromatic carbocycles. The fourth-order valence-corrected chi connectivity index (χ4v) is 1.47. The number of hydrogen-bond acceptors (Lipinski definition) is 1. The summed E-state index contributed by atoms with van der Waals surface area (Å²) in [6.07, 6.45) is 5.84. The lowest BCUT2D eigenvalue weighted by Crippen LogP contribution is -2.21. The molecule has 0 aliphatic heterocycles. The lowest BCUT2D eigenvalue weighted by atomic mass is 9.81. The highest BCUT2D eigenvalue weighted by Gasteiger charge is 2.17. The molecule has 0 aromatic rings. The molecule has 1 nitrogen and oxygen atoms in total. The molecule has 0 aromatic heterocycles. The van der Waals surface area contributed by atoms with E-state index in [0.717, 1.165) is 18.4 Å². The molecule has 1 heteroatoms. The van der Waals surface area contributed by atoms with Crippen molar-refractivity contribution in [2.45, 2.75) is 20.3 Å². The maximum atomic E-state index is 5.56. The smallest absolute Gasteiger partial charge is 0.00141 e. The summed E-state index contributed by atoms with van der Waals surface area (Å²) in [5, 5.41) is 0. The third-order valence-corrected chi connectivity index (χ3v) is 2.56. The van der Waals surface area contributed by atoms with Crippen LogP contribution in [0.4, 0.5) is 0 Å². The van der Waals surface area contributed by atoms with Crippen LogP contribution in [0.5, 0.6) is 0 Å². The van der Waals surface area contributed by atoms with E-state index in [1.54, 1.807) is 0 Å². The van der Waals surface area contributed by atoms with Crippen LogP contribution in [0.2, 0.25) is 0 Å². The third kappa shape index (κ3) is 1.60. The van der Waals surface area contributed by atoms with E-state index in [4.69, 9.17) is 5.73 Å². The Labute approximate surface area is 63.3 Å². The van der Waals surface area contributed by atoms with Gasteiger partial charge in [-0.1, -0.05) is 26.0 Å². The molecule has 0 radical (unpaired) electrons. The Morgan fingerprint density at radius 1 is 1.40 bits per heavy atom. The van der Waals surface area contributed by atoms with Crippen molar-refractivity contribution in [2.75, 3.05) is 6.54 Å². The SMILES string of the molecule is CC1C=CC(CN)CC1C. The molecule has 10 heavy (non-hydrogen) atoms. The maximum absolute atomic E-state index is 5.56. The second-order valence-corrected chi connectivity index (χ2v) is 3.45. The lowest BCUT2D eigenvalue weighted by molar-refractivity contribution is 0.355. The number of hydrogen-bond donors (Lipinski definition) is 1. The summed E-state index contributed by atoms with van der Waals surface area (Å²) in [5.41, 5.74) is 5.56. The van der Waals surface area contributed by atoms with Crippen molar-refractivity contribution in [1.82, 2.24) is 0 Å². The summed E-state index contributed by atoms with van der Waals surface area (Å²) in [6, 6.07) is 0. The van der Waals surface area contributed by atoms with Crippen LogP contribution in [0.25, 0.3) is 0 Å².